The smallest absolute Gasteiger partial charge is 0.393 e. The highest BCUT2D eigenvalue weighted by Crippen LogP contribution is 2.32. The third kappa shape index (κ3) is 5.50. The van der Waals surface area contributed by atoms with E-state index in [0.717, 1.165) is 22.0 Å². The van der Waals surface area contributed by atoms with Gasteiger partial charge in [0.05, 0.1) is 11.8 Å². The number of aromatic nitrogens is 2. The molecule has 0 bridgehead atoms. The Morgan fingerprint density at radius 1 is 1.16 bits per heavy atom. The molecule has 1 aromatic heterocycles. The maximum Gasteiger partial charge on any atom is 0.435 e. The Balaban J connectivity index is 1.85. The minimum absolute atomic E-state index is 0.0244. The van der Waals surface area contributed by atoms with Crippen molar-refractivity contribution in [1.29, 1.82) is 0 Å². The maximum absolute atomic E-state index is 13.2. The number of para-hydroxylation sites is 1. The van der Waals surface area contributed by atoms with Gasteiger partial charge in [-0.25, -0.2) is 0 Å². The Bertz CT molecular complexity index is 1090. The molecule has 0 atom stereocenters. The molecule has 0 saturated heterocycles. The normalized spacial score (nSPS) is 11.8. The Hall–Kier alpha value is -3.62. The zero-order valence-electron chi connectivity index (χ0n) is 17.1. The number of nitrogens with one attached hydrogen (secondary N) is 1. The average molecular weight is 430 g/mol. The van der Waals surface area contributed by atoms with E-state index in [2.05, 4.69) is 15.6 Å². The Labute approximate surface area is 177 Å². The van der Waals surface area contributed by atoms with Crippen LogP contribution < -0.4 is 5.32 Å². The van der Waals surface area contributed by atoms with Crippen LogP contribution in [0.25, 0.3) is 11.1 Å². The second kappa shape index (κ2) is 9.03. The minimum Gasteiger partial charge on any atom is -0.393 e. The highest BCUT2D eigenvalue weighted by atomic mass is 19.4. The molecule has 0 spiro atoms. The van der Waals surface area contributed by atoms with Crippen molar-refractivity contribution in [3.05, 3.63) is 71.5 Å². The number of oxime groups is 1. The fraction of sp³-hybridized carbons (Fsp3) is 0.227. The fourth-order valence-electron chi connectivity index (χ4n) is 2.86. The molecular weight excluding hydrogens is 409 g/mol. The maximum atomic E-state index is 13.2. The van der Waals surface area contributed by atoms with Crippen molar-refractivity contribution in [1.82, 2.24) is 9.78 Å². The standard InChI is InChI=1S/C22H21F3N4O2/c1-14(2)31-26-12-15-8-10-16(11-9-15)17-6-4-5-7-19(17)27-21(30)18-13-29(3)28-20(18)22(23,24)25/h4-14H,1-3H3,(H,27,30)/b26-12+. The molecule has 0 unspecified atom stereocenters. The third-order valence-electron chi connectivity index (χ3n) is 4.21. The van der Waals surface area contributed by atoms with Crippen molar-refractivity contribution in [3.8, 4) is 11.1 Å². The van der Waals surface area contributed by atoms with E-state index in [9.17, 15) is 18.0 Å². The summed E-state index contributed by atoms with van der Waals surface area (Å²) in [6.07, 6.45) is -2.12. The molecule has 1 N–H and O–H groups in total. The molecular formula is C22H21F3N4O2. The van der Waals surface area contributed by atoms with E-state index >= 15 is 0 Å². The SMILES string of the molecule is CC(C)O/N=C/c1ccc(-c2ccccc2NC(=O)c2cn(C)nc2C(F)(F)F)cc1. The van der Waals surface area contributed by atoms with Crippen LogP contribution in [0, 0.1) is 0 Å². The summed E-state index contributed by atoms with van der Waals surface area (Å²) in [6, 6.07) is 14.2. The van der Waals surface area contributed by atoms with Gasteiger partial charge in [0.15, 0.2) is 5.69 Å². The van der Waals surface area contributed by atoms with Crippen LogP contribution in [0.5, 0.6) is 0 Å². The summed E-state index contributed by atoms with van der Waals surface area (Å²) in [5, 5.41) is 9.83. The van der Waals surface area contributed by atoms with Gasteiger partial charge in [-0.05, 0) is 31.0 Å². The molecule has 31 heavy (non-hydrogen) atoms. The first-order valence-corrected chi connectivity index (χ1v) is 9.46. The quantitative estimate of drug-likeness (QED) is 0.436. The first kappa shape index (κ1) is 22.1. The van der Waals surface area contributed by atoms with Crippen LogP contribution in [0.2, 0.25) is 0 Å². The molecule has 9 heteroatoms. The number of halogens is 3. The van der Waals surface area contributed by atoms with Gasteiger partial charge in [-0.15, -0.1) is 0 Å². The van der Waals surface area contributed by atoms with Gasteiger partial charge >= 0.3 is 6.18 Å². The topological polar surface area (TPSA) is 68.5 Å². The lowest BCUT2D eigenvalue weighted by Crippen LogP contribution is -2.18. The number of benzene rings is 2. The summed E-state index contributed by atoms with van der Waals surface area (Å²) in [4.78, 5) is 17.7. The number of carbonyl (C=O) groups excluding carboxylic acids is 1. The van der Waals surface area contributed by atoms with Crippen LogP contribution in [0.3, 0.4) is 0 Å². The molecule has 0 saturated carbocycles. The van der Waals surface area contributed by atoms with E-state index in [0.29, 0.717) is 11.3 Å². The molecule has 1 heterocycles. The molecule has 0 aliphatic rings. The van der Waals surface area contributed by atoms with Crippen LogP contribution in [-0.2, 0) is 18.1 Å². The molecule has 2 aromatic carbocycles. The number of aryl methyl sites for hydroxylation is 1. The van der Waals surface area contributed by atoms with E-state index in [4.69, 9.17) is 4.84 Å². The van der Waals surface area contributed by atoms with Crippen LogP contribution >= 0.6 is 0 Å². The number of alkyl halides is 3. The molecule has 6 nitrogen and oxygen atoms in total. The molecule has 0 aliphatic heterocycles. The molecule has 3 rings (SSSR count). The van der Waals surface area contributed by atoms with Crippen molar-refractivity contribution in [3.63, 3.8) is 0 Å². The summed E-state index contributed by atoms with van der Waals surface area (Å²) < 4.78 is 40.6. The van der Waals surface area contributed by atoms with Crippen molar-refractivity contribution >= 4 is 17.8 Å². The largest absolute Gasteiger partial charge is 0.435 e. The van der Waals surface area contributed by atoms with Gasteiger partial charge in [0.2, 0.25) is 0 Å². The lowest BCUT2D eigenvalue weighted by Gasteiger charge is -2.12. The lowest BCUT2D eigenvalue weighted by atomic mass is 10.0. The molecule has 0 aliphatic carbocycles. The van der Waals surface area contributed by atoms with Gasteiger partial charge in [0.25, 0.3) is 5.91 Å². The predicted molar refractivity (Wildman–Crippen MR) is 112 cm³/mol. The highest BCUT2D eigenvalue weighted by molar-refractivity contribution is 6.07. The average Bonchev–Trinajstić information content (AvgIpc) is 3.11. The Morgan fingerprint density at radius 3 is 2.48 bits per heavy atom. The molecule has 0 fully saturated rings. The second-order valence-corrected chi connectivity index (χ2v) is 7.07. The van der Waals surface area contributed by atoms with Gasteiger partial charge in [-0.3, -0.25) is 9.48 Å². The number of rotatable bonds is 6. The van der Waals surface area contributed by atoms with Gasteiger partial charge in [0, 0.05) is 24.5 Å². The van der Waals surface area contributed by atoms with Crippen LogP contribution in [0.4, 0.5) is 18.9 Å². The number of amides is 1. The summed E-state index contributed by atoms with van der Waals surface area (Å²) in [6.45, 7) is 3.74. The molecule has 3 aromatic rings. The highest BCUT2D eigenvalue weighted by Gasteiger charge is 2.39. The van der Waals surface area contributed by atoms with Crippen LogP contribution in [0.1, 0.15) is 35.5 Å². The fourth-order valence-corrected chi connectivity index (χ4v) is 2.86. The van der Waals surface area contributed by atoms with E-state index in [1.54, 1.807) is 30.5 Å². The third-order valence-corrected chi connectivity index (χ3v) is 4.21. The van der Waals surface area contributed by atoms with E-state index in [-0.39, 0.29) is 6.10 Å². The number of nitrogens with zero attached hydrogens (tertiary/aromatic N) is 3. The molecule has 162 valence electrons. The van der Waals surface area contributed by atoms with Crippen molar-refractivity contribution in [2.24, 2.45) is 12.2 Å². The number of carbonyl (C=O) groups is 1. The Kier molecular flexibility index (Phi) is 6.43. The predicted octanol–water partition coefficient (Wildman–Crippen LogP) is 5.12. The van der Waals surface area contributed by atoms with Crippen LogP contribution in [-0.4, -0.2) is 28.0 Å². The van der Waals surface area contributed by atoms with E-state index in [1.807, 2.05) is 38.1 Å². The van der Waals surface area contributed by atoms with Gasteiger partial charge < -0.3 is 10.2 Å². The summed E-state index contributed by atoms with van der Waals surface area (Å²) in [5.41, 5.74) is 0.874. The van der Waals surface area contributed by atoms with Crippen molar-refractivity contribution in [2.75, 3.05) is 5.32 Å². The van der Waals surface area contributed by atoms with Gasteiger partial charge in [0.1, 0.15) is 6.10 Å². The molecule has 0 radical (unpaired) electrons. The van der Waals surface area contributed by atoms with E-state index in [1.165, 1.54) is 7.05 Å². The number of anilines is 1. The molecule has 1 amide bonds. The summed E-state index contributed by atoms with van der Waals surface area (Å²) in [7, 11) is 1.33. The van der Waals surface area contributed by atoms with Gasteiger partial charge in [-0.2, -0.15) is 18.3 Å². The number of hydrogen-bond donors (Lipinski definition) is 1. The Morgan fingerprint density at radius 2 is 1.84 bits per heavy atom. The zero-order chi connectivity index (χ0) is 22.6. The minimum atomic E-state index is -4.73. The lowest BCUT2D eigenvalue weighted by molar-refractivity contribution is -0.141. The number of hydrogen-bond acceptors (Lipinski definition) is 4. The van der Waals surface area contributed by atoms with E-state index < -0.39 is 23.3 Å². The van der Waals surface area contributed by atoms with Crippen molar-refractivity contribution in [2.45, 2.75) is 26.1 Å². The van der Waals surface area contributed by atoms with Crippen LogP contribution in [0.15, 0.2) is 59.9 Å². The zero-order valence-corrected chi connectivity index (χ0v) is 17.1. The van der Waals surface area contributed by atoms with Gasteiger partial charge in [-0.1, -0.05) is 47.6 Å². The first-order valence-electron chi connectivity index (χ1n) is 9.46. The summed E-state index contributed by atoms with van der Waals surface area (Å²) >= 11 is 0. The summed E-state index contributed by atoms with van der Waals surface area (Å²) in [5.74, 6) is -0.887. The first-order chi connectivity index (χ1) is 14.6. The monoisotopic (exact) mass is 430 g/mol. The van der Waals surface area contributed by atoms with Crippen molar-refractivity contribution < 1.29 is 22.8 Å². The second-order valence-electron chi connectivity index (χ2n) is 7.07.